The van der Waals surface area contributed by atoms with E-state index in [4.69, 9.17) is 27.6 Å². The fourth-order valence-electron chi connectivity index (χ4n) is 2.56. The number of rotatable bonds is 4. The van der Waals surface area contributed by atoms with Gasteiger partial charge in [0.25, 0.3) is 5.89 Å². The number of pyridine rings is 1. The average molecular weight is 402 g/mol. The molecule has 3 heterocycles. The summed E-state index contributed by atoms with van der Waals surface area (Å²) in [6.45, 7) is 1.83. The van der Waals surface area contributed by atoms with Crippen LogP contribution in [0.25, 0.3) is 17.3 Å². The van der Waals surface area contributed by atoms with E-state index in [1.807, 2.05) is 6.92 Å². The predicted molar refractivity (Wildman–Crippen MR) is 102 cm³/mol. The zero-order valence-corrected chi connectivity index (χ0v) is 15.6. The van der Waals surface area contributed by atoms with Gasteiger partial charge in [0.2, 0.25) is 11.6 Å². The Hall–Kier alpha value is -2.90. The molecule has 0 aliphatic rings. The number of aromatic nitrogens is 4. The van der Waals surface area contributed by atoms with Crippen LogP contribution in [0, 0.1) is 6.92 Å². The number of fused-ring (bicyclic) bond motifs is 1. The Morgan fingerprint density at radius 2 is 2.00 bits per heavy atom. The van der Waals surface area contributed by atoms with Crippen LogP contribution >= 0.6 is 23.2 Å². The van der Waals surface area contributed by atoms with Crippen LogP contribution in [-0.2, 0) is 11.2 Å². The van der Waals surface area contributed by atoms with E-state index < -0.39 is 0 Å². The highest BCUT2D eigenvalue weighted by molar-refractivity contribution is 6.42. The maximum absolute atomic E-state index is 12.2. The predicted octanol–water partition coefficient (Wildman–Crippen LogP) is 4.18. The fourth-order valence-corrected chi connectivity index (χ4v) is 2.88. The van der Waals surface area contributed by atoms with Crippen molar-refractivity contribution in [2.75, 3.05) is 5.32 Å². The van der Waals surface area contributed by atoms with Crippen LogP contribution in [0.1, 0.15) is 11.4 Å². The van der Waals surface area contributed by atoms with Crippen molar-refractivity contribution in [2.45, 2.75) is 13.3 Å². The molecule has 0 saturated heterocycles. The number of hydrogen-bond donors (Lipinski definition) is 1. The molecular weight excluding hydrogens is 389 g/mol. The molecule has 0 atom stereocenters. The molecule has 7 nitrogen and oxygen atoms in total. The Kier molecular flexibility index (Phi) is 4.55. The van der Waals surface area contributed by atoms with Gasteiger partial charge < -0.3 is 9.73 Å². The number of carbonyl (C=O) groups excluding carboxylic acids is 1. The molecule has 136 valence electrons. The van der Waals surface area contributed by atoms with Crippen molar-refractivity contribution in [3.05, 3.63) is 64.2 Å². The van der Waals surface area contributed by atoms with E-state index in [0.29, 0.717) is 33.0 Å². The van der Waals surface area contributed by atoms with Crippen LogP contribution in [0.5, 0.6) is 0 Å². The molecule has 4 aromatic rings. The quantitative estimate of drug-likeness (QED) is 0.554. The van der Waals surface area contributed by atoms with Gasteiger partial charge in [0, 0.05) is 0 Å². The fraction of sp³-hybridized carbons (Fsp3) is 0.111. The molecule has 1 amide bonds. The smallest absolute Gasteiger partial charge is 0.264 e. The Morgan fingerprint density at radius 1 is 1.15 bits per heavy atom. The lowest BCUT2D eigenvalue weighted by molar-refractivity contribution is -0.115. The van der Waals surface area contributed by atoms with E-state index in [1.54, 1.807) is 47.2 Å². The number of aryl methyl sites for hydroxylation is 1. The molecule has 3 aromatic heterocycles. The van der Waals surface area contributed by atoms with Crippen molar-refractivity contribution in [1.29, 1.82) is 0 Å². The Morgan fingerprint density at radius 3 is 2.70 bits per heavy atom. The lowest BCUT2D eigenvalue weighted by Gasteiger charge is -2.06. The highest BCUT2D eigenvalue weighted by Gasteiger charge is 2.12. The number of hydrogen-bond acceptors (Lipinski definition) is 5. The van der Waals surface area contributed by atoms with Gasteiger partial charge in [-0.2, -0.15) is 4.52 Å². The highest BCUT2D eigenvalue weighted by atomic mass is 35.5. The molecule has 4 rings (SSSR count). The second kappa shape index (κ2) is 7.02. The van der Waals surface area contributed by atoms with Gasteiger partial charge in [0.1, 0.15) is 11.5 Å². The van der Waals surface area contributed by atoms with Crippen molar-refractivity contribution < 1.29 is 9.21 Å². The minimum atomic E-state index is -0.185. The Balaban J connectivity index is 1.45. The molecule has 27 heavy (non-hydrogen) atoms. The molecule has 0 saturated carbocycles. The summed E-state index contributed by atoms with van der Waals surface area (Å²) in [5.41, 5.74) is 2.44. The van der Waals surface area contributed by atoms with Crippen molar-refractivity contribution >= 4 is 40.5 Å². The summed E-state index contributed by atoms with van der Waals surface area (Å²) in [5, 5.41) is 7.98. The third kappa shape index (κ3) is 3.65. The molecule has 0 aliphatic heterocycles. The standard InChI is InChI=1S/C18H13Cl2N5O2/c1-10-21-9-17-25(10)24-18(27-17)15-5-3-12(8-22-15)23-16(26)7-11-2-4-13(19)14(20)6-11/h2-6,8-9H,7H2,1H3,(H,23,26). The first-order valence-electron chi connectivity index (χ1n) is 8.01. The number of halogens is 2. The minimum absolute atomic E-state index is 0.177. The third-order valence-electron chi connectivity index (χ3n) is 3.88. The van der Waals surface area contributed by atoms with Gasteiger partial charge in [0.15, 0.2) is 0 Å². The van der Waals surface area contributed by atoms with Gasteiger partial charge in [-0.15, -0.1) is 5.10 Å². The van der Waals surface area contributed by atoms with Crippen LogP contribution < -0.4 is 5.32 Å². The number of nitrogens with zero attached hydrogens (tertiary/aromatic N) is 4. The molecule has 0 bridgehead atoms. The molecule has 0 radical (unpaired) electrons. The first kappa shape index (κ1) is 17.5. The summed E-state index contributed by atoms with van der Waals surface area (Å²) in [5.74, 6) is 0.922. The Bertz CT molecular complexity index is 1130. The number of nitrogens with one attached hydrogen (secondary N) is 1. The zero-order valence-electron chi connectivity index (χ0n) is 14.1. The number of imidazole rings is 1. The van der Waals surface area contributed by atoms with Gasteiger partial charge in [-0.05, 0) is 36.8 Å². The highest BCUT2D eigenvalue weighted by Crippen LogP contribution is 2.23. The van der Waals surface area contributed by atoms with E-state index in [9.17, 15) is 4.79 Å². The summed E-state index contributed by atoms with van der Waals surface area (Å²) in [4.78, 5) is 20.6. The minimum Gasteiger partial charge on any atom is -0.415 e. The van der Waals surface area contributed by atoms with Crippen molar-refractivity contribution in [3.8, 4) is 11.6 Å². The second-order valence-electron chi connectivity index (χ2n) is 5.87. The number of carbonyl (C=O) groups is 1. The third-order valence-corrected chi connectivity index (χ3v) is 4.62. The van der Waals surface area contributed by atoms with Crippen LogP contribution in [-0.4, -0.2) is 25.5 Å². The Labute approximate surface area is 163 Å². The maximum Gasteiger partial charge on any atom is 0.264 e. The topological polar surface area (TPSA) is 85.3 Å². The SMILES string of the molecule is Cc1ncc2oc(-c3ccc(NC(=O)Cc4ccc(Cl)c(Cl)c4)cn3)nn12. The van der Waals surface area contributed by atoms with Gasteiger partial charge in [-0.25, -0.2) is 9.97 Å². The second-order valence-corrected chi connectivity index (χ2v) is 6.68. The molecule has 0 unspecified atom stereocenters. The van der Waals surface area contributed by atoms with E-state index in [2.05, 4.69) is 20.4 Å². The summed E-state index contributed by atoms with van der Waals surface area (Å²) in [6.07, 6.45) is 3.33. The normalized spacial score (nSPS) is 11.1. The first-order chi connectivity index (χ1) is 13.0. The first-order valence-corrected chi connectivity index (χ1v) is 8.76. The zero-order chi connectivity index (χ0) is 19.0. The van der Waals surface area contributed by atoms with Crippen molar-refractivity contribution in [1.82, 2.24) is 19.6 Å². The lowest BCUT2D eigenvalue weighted by Crippen LogP contribution is -2.14. The molecule has 9 heteroatoms. The van der Waals surface area contributed by atoms with E-state index >= 15 is 0 Å². The van der Waals surface area contributed by atoms with Crippen LogP contribution in [0.2, 0.25) is 10.0 Å². The number of amides is 1. The number of anilines is 1. The van der Waals surface area contributed by atoms with Gasteiger partial charge in [0.05, 0.1) is 34.5 Å². The number of benzene rings is 1. The van der Waals surface area contributed by atoms with Gasteiger partial charge in [-0.3, -0.25) is 4.79 Å². The molecule has 0 aliphatic carbocycles. The monoisotopic (exact) mass is 401 g/mol. The summed E-state index contributed by atoms with van der Waals surface area (Å²) in [6, 6.07) is 8.56. The summed E-state index contributed by atoms with van der Waals surface area (Å²) >= 11 is 11.9. The van der Waals surface area contributed by atoms with E-state index in [-0.39, 0.29) is 12.3 Å². The van der Waals surface area contributed by atoms with E-state index in [1.165, 1.54) is 0 Å². The summed E-state index contributed by atoms with van der Waals surface area (Å²) < 4.78 is 7.21. The lowest BCUT2D eigenvalue weighted by atomic mass is 10.1. The average Bonchev–Trinajstić information content (AvgIpc) is 3.21. The molecule has 0 fully saturated rings. The van der Waals surface area contributed by atoms with Crippen molar-refractivity contribution in [2.24, 2.45) is 0 Å². The molecular formula is C18H13Cl2N5O2. The van der Waals surface area contributed by atoms with Crippen LogP contribution in [0.4, 0.5) is 5.69 Å². The van der Waals surface area contributed by atoms with Crippen LogP contribution in [0.15, 0.2) is 47.1 Å². The van der Waals surface area contributed by atoms with E-state index in [0.717, 1.165) is 11.4 Å². The van der Waals surface area contributed by atoms with Gasteiger partial charge in [-0.1, -0.05) is 29.3 Å². The van der Waals surface area contributed by atoms with Crippen LogP contribution in [0.3, 0.4) is 0 Å². The van der Waals surface area contributed by atoms with Crippen molar-refractivity contribution in [3.63, 3.8) is 0 Å². The summed E-state index contributed by atoms with van der Waals surface area (Å²) in [7, 11) is 0. The molecule has 1 aromatic carbocycles. The van der Waals surface area contributed by atoms with Gasteiger partial charge >= 0.3 is 0 Å². The maximum atomic E-state index is 12.2. The molecule has 1 N–H and O–H groups in total. The largest absolute Gasteiger partial charge is 0.415 e. The molecule has 0 spiro atoms.